The van der Waals surface area contributed by atoms with Crippen molar-refractivity contribution in [1.29, 1.82) is 0 Å². The highest BCUT2D eigenvalue weighted by Crippen LogP contribution is 2.64. The molecular formula is C19H28O2. The van der Waals surface area contributed by atoms with Crippen molar-refractivity contribution in [1.82, 2.24) is 0 Å². The van der Waals surface area contributed by atoms with E-state index in [1.807, 2.05) is 6.08 Å². The lowest BCUT2D eigenvalue weighted by Gasteiger charge is -2.56. The molecule has 1 unspecified atom stereocenters. The Morgan fingerprint density at radius 2 is 1.86 bits per heavy atom. The minimum absolute atomic E-state index is 0.0862. The number of fused-ring (bicyclic) bond motifs is 5. The van der Waals surface area contributed by atoms with Crippen molar-refractivity contribution >= 4 is 0 Å². The zero-order valence-electron chi connectivity index (χ0n) is 13.3. The second-order valence-corrected chi connectivity index (χ2v) is 8.38. The van der Waals surface area contributed by atoms with Gasteiger partial charge in [-0.25, -0.2) is 0 Å². The molecule has 0 radical (unpaired) electrons. The molecule has 0 saturated heterocycles. The Hall–Kier alpha value is -0.600. The van der Waals surface area contributed by atoms with E-state index in [9.17, 15) is 10.2 Å². The van der Waals surface area contributed by atoms with Crippen LogP contribution in [0.2, 0.25) is 0 Å². The number of aliphatic hydroxyl groups is 2. The van der Waals surface area contributed by atoms with Crippen LogP contribution >= 0.6 is 0 Å². The van der Waals surface area contributed by atoms with Crippen molar-refractivity contribution in [2.45, 2.75) is 64.6 Å². The fourth-order valence-electron chi connectivity index (χ4n) is 6.29. The smallest absolute Gasteiger partial charge is 0.0905 e. The van der Waals surface area contributed by atoms with Gasteiger partial charge in [0.1, 0.15) is 0 Å². The number of hydrogen-bond acceptors (Lipinski definition) is 2. The lowest BCUT2D eigenvalue weighted by molar-refractivity contribution is -0.0620. The molecule has 0 aliphatic heterocycles. The van der Waals surface area contributed by atoms with Crippen LogP contribution < -0.4 is 0 Å². The van der Waals surface area contributed by atoms with Gasteiger partial charge in [-0.3, -0.25) is 0 Å². The molecule has 4 aliphatic rings. The highest BCUT2D eigenvalue weighted by Gasteiger charge is 2.58. The molecule has 3 saturated carbocycles. The second kappa shape index (κ2) is 4.45. The van der Waals surface area contributed by atoms with Crippen LogP contribution in [0.25, 0.3) is 0 Å². The van der Waals surface area contributed by atoms with E-state index in [1.54, 1.807) is 0 Å². The van der Waals surface area contributed by atoms with Gasteiger partial charge in [-0.05, 0) is 61.7 Å². The predicted molar refractivity (Wildman–Crippen MR) is 83.6 cm³/mol. The number of hydrogen-bond donors (Lipinski definition) is 2. The highest BCUT2D eigenvalue weighted by molar-refractivity contribution is 5.33. The Balaban J connectivity index is 1.69. The number of allylic oxidation sites excluding steroid dienone is 2. The molecule has 2 N–H and O–H groups in total. The third-order valence-electron chi connectivity index (χ3n) is 7.61. The van der Waals surface area contributed by atoms with E-state index in [2.05, 4.69) is 26.0 Å². The third-order valence-corrected chi connectivity index (χ3v) is 7.61. The fourth-order valence-corrected chi connectivity index (χ4v) is 6.29. The van der Waals surface area contributed by atoms with E-state index in [-0.39, 0.29) is 23.0 Å². The van der Waals surface area contributed by atoms with Crippen molar-refractivity contribution < 1.29 is 10.2 Å². The van der Waals surface area contributed by atoms with Crippen LogP contribution in [-0.4, -0.2) is 22.4 Å². The van der Waals surface area contributed by atoms with Crippen molar-refractivity contribution in [2.75, 3.05) is 0 Å². The minimum atomic E-state index is -0.383. The topological polar surface area (TPSA) is 40.5 Å². The van der Waals surface area contributed by atoms with Gasteiger partial charge in [0.05, 0.1) is 12.2 Å². The molecule has 0 spiro atoms. The van der Waals surface area contributed by atoms with Crippen LogP contribution in [-0.2, 0) is 0 Å². The standard InChI is InChI=1S/C19H28O2/c1-18-9-7-13(20)11-12(18)3-4-14-15-5-6-17(21)19(15,2)10-8-16(14)18/h7,9,11,13-17,20-21H,3-6,8,10H2,1-2H3/t13?,14-,15-,16-,17-,18-,19-/m0/s1. The third kappa shape index (κ3) is 1.78. The molecule has 2 heteroatoms. The molecule has 0 amide bonds. The maximum Gasteiger partial charge on any atom is 0.0905 e. The first-order chi connectivity index (χ1) is 9.95. The molecule has 0 aromatic rings. The van der Waals surface area contributed by atoms with E-state index in [4.69, 9.17) is 0 Å². The number of rotatable bonds is 0. The van der Waals surface area contributed by atoms with Gasteiger partial charge in [0, 0.05) is 5.41 Å². The molecule has 4 aliphatic carbocycles. The van der Waals surface area contributed by atoms with Crippen molar-refractivity contribution in [2.24, 2.45) is 28.6 Å². The van der Waals surface area contributed by atoms with E-state index in [1.165, 1.54) is 31.3 Å². The quantitative estimate of drug-likeness (QED) is 0.670. The Kier molecular flexibility index (Phi) is 2.97. The first-order valence-electron chi connectivity index (χ1n) is 8.72. The van der Waals surface area contributed by atoms with Gasteiger partial charge in [-0.1, -0.05) is 37.6 Å². The summed E-state index contributed by atoms with van der Waals surface area (Å²) >= 11 is 0. The molecule has 4 rings (SSSR count). The van der Waals surface area contributed by atoms with Gasteiger partial charge in [-0.2, -0.15) is 0 Å². The van der Waals surface area contributed by atoms with Crippen LogP contribution in [0.5, 0.6) is 0 Å². The Morgan fingerprint density at radius 3 is 2.67 bits per heavy atom. The summed E-state index contributed by atoms with van der Waals surface area (Å²) in [6.45, 7) is 4.71. The van der Waals surface area contributed by atoms with Crippen LogP contribution in [0.3, 0.4) is 0 Å². The Bertz CT molecular complexity index is 508. The molecule has 0 aromatic carbocycles. The first-order valence-corrected chi connectivity index (χ1v) is 8.72. The summed E-state index contributed by atoms with van der Waals surface area (Å²) in [5.74, 6) is 2.15. The molecule has 21 heavy (non-hydrogen) atoms. The van der Waals surface area contributed by atoms with Crippen LogP contribution in [0.15, 0.2) is 23.8 Å². The van der Waals surface area contributed by atoms with Crippen molar-refractivity contribution in [3.63, 3.8) is 0 Å². The van der Waals surface area contributed by atoms with Crippen LogP contribution in [0, 0.1) is 28.6 Å². The summed E-state index contributed by atoms with van der Waals surface area (Å²) in [5.41, 5.74) is 1.77. The molecule has 7 atom stereocenters. The van der Waals surface area contributed by atoms with E-state index >= 15 is 0 Å². The van der Waals surface area contributed by atoms with Gasteiger partial charge in [0.25, 0.3) is 0 Å². The summed E-state index contributed by atoms with van der Waals surface area (Å²) in [6.07, 6.45) is 12.9. The highest BCUT2D eigenvalue weighted by atomic mass is 16.3. The van der Waals surface area contributed by atoms with E-state index < -0.39 is 0 Å². The largest absolute Gasteiger partial charge is 0.393 e. The number of aliphatic hydroxyl groups excluding tert-OH is 2. The van der Waals surface area contributed by atoms with Crippen LogP contribution in [0.4, 0.5) is 0 Å². The zero-order valence-corrected chi connectivity index (χ0v) is 13.3. The fraction of sp³-hybridized carbons (Fsp3) is 0.789. The van der Waals surface area contributed by atoms with Crippen molar-refractivity contribution in [3.8, 4) is 0 Å². The van der Waals surface area contributed by atoms with Gasteiger partial charge in [0.15, 0.2) is 0 Å². The molecule has 0 aromatic heterocycles. The lowest BCUT2D eigenvalue weighted by atomic mass is 9.48. The Labute approximate surface area is 127 Å². The summed E-state index contributed by atoms with van der Waals surface area (Å²) < 4.78 is 0. The van der Waals surface area contributed by atoms with Crippen LogP contribution in [0.1, 0.15) is 52.4 Å². The van der Waals surface area contributed by atoms with E-state index in [0.717, 1.165) is 18.8 Å². The normalized spacial score (nSPS) is 55.4. The predicted octanol–water partition coefficient (Wildman–Crippen LogP) is 3.45. The zero-order chi connectivity index (χ0) is 14.8. The SMILES string of the molecule is C[C@]12CC[C@H]3[C@@H](CCC4=CC(O)C=C[C@@]43C)[C@@H]1CC[C@@H]2O. The lowest BCUT2D eigenvalue weighted by Crippen LogP contribution is -2.50. The van der Waals surface area contributed by atoms with Gasteiger partial charge in [0.2, 0.25) is 0 Å². The summed E-state index contributed by atoms with van der Waals surface area (Å²) in [5, 5.41) is 20.3. The molecule has 0 bridgehead atoms. The average Bonchev–Trinajstić information content (AvgIpc) is 2.76. The summed E-state index contributed by atoms with van der Waals surface area (Å²) in [4.78, 5) is 0. The molecule has 0 heterocycles. The van der Waals surface area contributed by atoms with Gasteiger partial charge in [-0.15, -0.1) is 0 Å². The second-order valence-electron chi connectivity index (χ2n) is 8.38. The molecule has 3 fully saturated rings. The van der Waals surface area contributed by atoms with Gasteiger partial charge >= 0.3 is 0 Å². The van der Waals surface area contributed by atoms with Gasteiger partial charge < -0.3 is 10.2 Å². The minimum Gasteiger partial charge on any atom is -0.393 e. The summed E-state index contributed by atoms with van der Waals surface area (Å²) in [6, 6.07) is 0. The average molecular weight is 288 g/mol. The maximum absolute atomic E-state index is 10.4. The molecule has 116 valence electrons. The summed E-state index contributed by atoms with van der Waals surface area (Å²) in [7, 11) is 0. The van der Waals surface area contributed by atoms with Crippen molar-refractivity contribution in [3.05, 3.63) is 23.8 Å². The van der Waals surface area contributed by atoms with E-state index in [0.29, 0.717) is 11.8 Å². The Morgan fingerprint density at radius 1 is 1.05 bits per heavy atom. The first kappa shape index (κ1) is 14.0. The molecular weight excluding hydrogens is 260 g/mol. The maximum atomic E-state index is 10.4. The molecule has 2 nitrogen and oxygen atoms in total. The monoisotopic (exact) mass is 288 g/mol.